The van der Waals surface area contributed by atoms with Crippen molar-refractivity contribution >= 4 is 11.6 Å². The third kappa shape index (κ3) is 3.51. The van der Waals surface area contributed by atoms with Crippen LogP contribution >= 0.6 is 0 Å². The molecule has 2 atom stereocenters. The monoisotopic (exact) mass is 343 g/mol. The molecule has 2 heterocycles. The van der Waals surface area contributed by atoms with E-state index in [2.05, 4.69) is 34.7 Å². The van der Waals surface area contributed by atoms with Crippen molar-refractivity contribution in [3.63, 3.8) is 0 Å². The molecule has 0 bridgehead atoms. The van der Waals surface area contributed by atoms with Crippen LogP contribution in [-0.2, 0) is 24.8 Å². The predicted octanol–water partition coefficient (Wildman–Crippen LogP) is 2.34. The van der Waals surface area contributed by atoms with Gasteiger partial charge in [0.05, 0.1) is 12.2 Å². The number of aryl methyl sites for hydroxylation is 1. The highest BCUT2D eigenvalue weighted by Crippen LogP contribution is 2.33. The minimum absolute atomic E-state index is 0.0806. The molecule has 0 saturated carbocycles. The number of hydrogen-bond donors (Lipinski definition) is 2. The van der Waals surface area contributed by atoms with Crippen molar-refractivity contribution < 1.29 is 9.53 Å². The Hall–Kier alpha value is -2.41. The molecule has 0 saturated heterocycles. The normalized spacial score (nSPS) is 17.6. The molecule has 0 unspecified atom stereocenters. The fourth-order valence-electron chi connectivity index (χ4n) is 2.92. The van der Waals surface area contributed by atoms with E-state index in [1.165, 1.54) is 0 Å². The molecular formula is C18H25N5O2. The number of rotatable bonds is 6. The Balaban J connectivity index is 1.69. The van der Waals surface area contributed by atoms with Crippen molar-refractivity contribution in [1.82, 2.24) is 20.1 Å². The summed E-state index contributed by atoms with van der Waals surface area (Å²) in [4.78, 5) is 11.9. The van der Waals surface area contributed by atoms with Crippen LogP contribution in [-0.4, -0.2) is 26.8 Å². The van der Waals surface area contributed by atoms with Gasteiger partial charge in [-0.25, -0.2) is 0 Å². The largest absolute Gasteiger partial charge is 0.478 e. The number of anilines is 1. The number of carbonyl (C=O) groups is 1. The van der Waals surface area contributed by atoms with E-state index in [4.69, 9.17) is 4.74 Å². The second-order valence-corrected chi connectivity index (χ2v) is 6.31. The van der Waals surface area contributed by atoms with Gasteiger partial charge in [0.2, 0.25) is 0 Å². The summed E-state index contributed by atoms with van der Waals surface area (Å²) >= 11 is 0. The maximum Gasteiger partial charge on any atom is 0.265 e. The molecule has 0 spiro atoms. The lowest BCUT2D eigenvalue weighted by Gasteiger charge is -2.26. The van der Waals surface area contributed by atoms with Gasteiger partial charge in [-0.05, 0) is 31.0 Å². The summed E-state index contributed by atoms with van der Waals surface area (Å²) in [5, 5.41) is 14.8. The Morgan fingerprint density at radius 2 is 2.08 bits per heavy atom. The molecule has 1 aromatic heterocycles. The summed E-state index contributed by atoms with van der Waals surface area (Å²) in [6.45, 7) is 6.74. The number of nitrogens with one attached hydrogen (secondary N) is 2. The molecule has 0 fully saturated rings. The van der Waals surface area contributed by atoms with Crippen molar-refractivity contribution in [2.24, 2.45) is 7.05 Å². The number of fused-ring (bicyclic) bond motifs is 1. The molecule has 7 heteroatoms. The van der Waals surface area contributed by atoms with Crippen molar-refractivity contribution in [3.8, 4) is 5.75 Å². The van der Waals surface area contributed by atoms with Crippen molar-refractivity contribution in [1.29, 1.82) is 0 Å². The van der Waals surface area contributed by atoms with Crippen LogP contribution in [0, 0.1) is 0 Å². The number of benzene rings is 1. The first kappa shape index (κ1) is 17.4. The smallest absolute Gasteiger partial charge is 0.265 e. The van der Waals surface area contributed by atoms with E-state index in [-0.39, 0.29) is 11.9 Å². The lowest BCUT2D eigenvalue weighted by molar-refractivity contribution is -0.123. The molecule has 3 rings (SSSR count). The van der Waals surface area contributed by atoms with Crippen molar-refractivity contribution in [2.45, 2.75) is 52.3 Å². The Kier molecular flexibility index (Phi) is 5.03. The predicted molar refractivity (Wildman–Crippen MR) is 95.4 cm³/mol. The van der Waals surface area contributed by atoms with Crippen molar-refractivity contribution in [3.05, 3.63) is 35.4 Å². The first-order valence-corrected chi connectivity index (χ1v) is 8.75. The minimum atomic E-state index is -0.419. The molecule has 2 aromatic rings. The summed E-state index contributed by atoms with van der Waals surface area (Å²) in [6.07, 6.45) is 1.10. The summed E-state index contributed by atoms with van der Waals surface area (Å²) < 4.78 is 7.84. The third-order valence-electron chi connectivity index (χ3n) is 4.63. The zero-order valence-electron chi connectivity index (χ0n) is 15.2. The van der Waals surface area contributed by atoms with Gasteiger partial charge in [-0.2, -0.15) is 0 Å². The zero-order chi connectivity index (χ0) is 18.0. The fourth-order valence-corrected chi connectivity index (χ4v) is 2.92. The van der Waals surface area contributed by atoms with Gasteiger partial charge in [-0.3, -0.25) is 4.79 Å². The second-order valence-electron chi connectivity index (χ2n) is 6.31. The molecule has 7 nitrogen and oxygen atoms in total. The van der Waals surface area contributed by atoms with E-state index < -0.39 is 6.10 Å². The van der Waals surface area contributed by atoms with E-state index in [1.807, 2.05) is 36.7 Å². The average Bonchev–Trinajstić information content (AvgIpc) is 2.98. The second kappa shape index (κ2) is 7.23. The highest BCUT2D eigenvalue weighted by Gasteiger charge is 2.26. The van der Waals surface area contributed by atoms with Gasteiger partial charge in [0.15, 0.2) is 6.10 Å². The van der Waals surface area contributed by atoms with Gasteiger partial charge in [0.1, 0.15) is 17.4 Å². The molecule has 0 aliphatic carbocycles. The van der Waals surface area contributed by atoms with E-state index in [0.717, 1.165) is 35.1 Å². The van der Waals surface area contributed by atoms with Gasteiger partial charge in [-0.1, -0.05) is 19.9 Å². The third-order valence-corrected chi connectivity index (χ3v) is 4.63. The number of nitrogens with zero attached hydrogens (tertiary/aromatic N) is 3. The summed E-state index contributed by atoms with van der Waals surface area (Å²) in [7, 11) is 1.99. The number of hydrogen-bond acceptors (Lipinski definition) is 5. The van der Waals surface area contributed by atoms with Crippen LogP contribution < -0.4 is 15.4 Å². The maximum atomic E-state index is 11.9. The summed E-state index contributed by atoms with van der Waals surface area (Å²) in [5.41, 5.74) is 1.83. The zero-order valence-corrected chi connectivity index (χ0v) is 15.2. The first-order valence-electron chi connectivity index (χ1n) is 8.75. The van der Waals surface area contributed by atoms with Crippen molar-refractivity contribution in [2.75, 3.05) is 5.32 Å². The molecule has 1 amide bonds. The average molecular weight is 343 g/mol. The number of aromatic nitrogens is 3. The van der Waals surface area contributed by atoms with Crippen LogP contribution in [0.3, 0.4) is 0 Å². The van der Waals surface area contributed by atoms with E-state index in [1.54, 1.807) is 0 Å². The minimum Gasteiger partial charge on any atom is -0.478 e. The van der Waals surface area contributed by atoms with E-state index in [0.29, 0.717) is 13.0 Å². The Labute approximate surface area is 147 Å². The van der Waals surface area contributed by atoms with E-state index in [9.17, 15) is 4.79 Å². The lowest BCUT2D eigenvalue weighted by atomic mass is 10.1. The highest BCUT2D eigenvalue weighted by atomic mass is 16.5. The molecule has 1 aliphatic rings. The fraction of sp³-hybridized carbons (Fsp3) is 0.500. The molecule has 2 N–H and O–H groups in total. The Bertz CT molecular complexity index is 771. The molecule has 0 radical (unpaired) electrons. The Morgan fingerprint density at radius 1 is 1.32 bits per heavy atom. The van der Waals surface area contributed by atoms with Crippen LogP contribution in [0.4, 0.5) is 5.69 Å². The quantitative estimate of drug-likeness (QED) is 0.841. The molecule has 1 aliphatic heterocycles. The van der Waals surface area contributed by atoms with Gasteiger partial charge in [0, 0.05) is 19.5 Å². The van der Waals surface area contributed by atoms with Gasteiger partial charge in [-0.15, -0.1) is 10.2 Å². The van der Waals surface area contributed by atoms with Gasteiger partial charge < -0.3 is 19.9 Å². The Morgan fingerprint density at radius 3 is 2.76 bits per heavy atom. The van der Waals surface area contributed by atoms with Crippen LogP contribution in [0.1, 0.15) is 50.4 Å². The maximum absolute atomic E-state index is 11.9. The van der Waals surface area contributed by atoms with Crippen LogP contribution in [0.15, 0.2) is 18.2 Å². The van der Waals surface area contributed by atoms with Gasteiger partial charge in [0.25, 0.3) is 5.91 Å². The number of ether oxygens (including phenoxy) is 1. The van der Waals surface area contributed by atoms with Crippen LogP contribution in [0.5, 0.6) is 5.75 Å². The van der Waals surface area contributed by atoms with Gasteiger partial charge >= 0.3 is 0 Å². The van der Waals surface area contributed by atoms with Crippen LogP contribution in [0.2, 0.25) is 0 Å². The topological polar surface area (TPSA) is 81.1 Å². The standard InChI is InChI=1S/C18H25N5O2/c1-5-14-18(24)20-13-8-7-12(9-15(13)25-14)11(3)19-10-17-22-21-16(6-2)23(17)4/h7-9,11,14,19H,5-6,10H2,1-4H3,(H,20,24)/t11-,14+/m1/s1. The lowest BCUT2D eigenvalue weighted by Crippen LogP contribution is -2.36. The molecule has 25 heavy (non-hydrogen) atoms. The molecule has 1 aromatic carbocycles. The van der Waals surface area contributed by atoms with E-state index >= 15 is 0 Å². The van der Waals surface area contributed by atoms with Crippen LogP contribution in [0.25, 0.3) is 0 Å². The highest BCUT2D eigenvalue weighted by molar-refractivity contribution is 5.97. The summed E-state index contributed by atoms with van der Waals surface area (Å²) in [5.74, 6) is 2.54. The number of amides is 1. The SMILES string of the molecule is CCc1nnc(CN[C@H](C)c2ccc3c(c2)O[C@@H](CC)C(=O)N3)n1C. The number of carbonyl (C=O) groups excluding carboxylic acids is 1. The summed E-state index contributed by atoms with van der Waals surface area (Å²) in [6, 6.07) is 6.00. The first-order chi connectivity index (χ1) is 12.0. The molecule has 134 valence electrons. The molecular weight excluding hydrogens is 318 g/mol.